The number of nitrogens with one attached hydrogen (secondary N) is 1. The summed E-state index contributed by atoms with van der Waals surface area (Å²) < 4.78 is 4.90. The van der Waals surface area contributed by atoms with Crippen molar-refractivity contribution in [3.8, 4) is 0 Å². The van der Waals surface area contributed by atoms with Crippen LogP contribution in [0.1, 0.15) is 30.8 Å². The maximum Gasteiger partial charge on any atom is 0.311 e. The van der Waals surface area contributed by atoms with Gasteiger partial charge in [-0.05, 0) is 25.5 Å². The van der Waals surface area contributed by atoms with Gasteiger partial charge in [-0.2, -0.15) is 0 Å². The van der Waals surface area contributed by atoms with Crippen molar-refractivity contribution in [1.29, 1.82) is 0 Å². The molecule has 1 aromatic rings. The molecule has 0 aliphatic carbocycles. The highest BCUT2D eigenvalue weighted by atomic mass is 16.4. The lowest BCUT2D eigenvalue weighted by Crippen LogP contribution is -2.40. The second-order valence-corrected chi connectivity index (χ2v) is 3.88. The molecule has 0 aromatic carbocycles. The maximum atomic E-state index is 11.5. The first-order valence-electron chi connectivity index (χ1n) is 5.04. The summed E-state index contributed by atoms with van der Waals surface area (Å²) in [5.74, 6) is -1.13. The Hall–Kier alpha value is -1.78. The van der Waals surface area contributed by atoms with Gasteiger partial charge in [-0.1, -0.05) is 6.92 Å². The van der Waals surface area contributed by atoms with E-state index in [1.54, 1.807) is 19.9 Å². The van der Waals surface area contributed by atoms with Crippen LogP contribution >= 0.6 is 0 Å². The minimum atomic E-state index is -0.942. The van der Waals surface area contributed by atoms with E-state index in [0.29, 0.717) is 6.42 Å². The smallest absolute Gasteiger partial charge is 0.311 e. The van der Waals surface area contributed by atoms with Crippen LogP contribution < -0.4 is 5.32 Å². The van der Waals surface area contributed by atoms with Crippen molar-refractivity contribution >= 4 is 11.9 Å². The number of carbonyl (C=O) groups is 2. The average Bonchev–Trinajstić information content (AvgIpc) is 2.78. The fourth-order valence-electron chi connectivity index (χ4n) is 1.12. The molecule has 1 aromatic heterocycles. The second-order valence-electron chi connectivity index (χ2n) is 3.88. The maximum absolute atomic E-state index is 11.5. The molecule has 1 rings (SSSR count). The van der Waals surface area contributed by atoms with Crippen LogP contribution in [0.25, 0.3) is 0 Å². The largest absolute Gasteiger partial charge is 0.481 e. The summed E-state index contributed by atoms with van der Waals surface area (Å²) >= 11 is 0. The zero-order chi connectivity index (χ0) is 12.2. The van der Waals surface area contributed by atoms with E-state index >= 15 is 0 Å². The molecule has 0 aliphatic rings. The molecule has 16 heavy (non-hydrogen) atoms. The number of furan rings is 1. The van der Waals surface area contributed by atoms with Crippen molar-refractivity contribution in [2.45, 2.75) is 20.3 Å². The highest BCUT2D eigenvalue weighted by molar-refractivity contribution is 5.91. The van der Waals surface area contributed by atoms with Crippen LogP contribution in [0.5, 0.6) is 0 Å². The first-order chi connectivity index (χ1) is 7.49. The quantitative estimate of drug-likeness (QED) is 0.796. The summed E-state index contributed by atoms with van der Waals surface area (Å²) in [6.45, 7) is 3.45. The van der Waals surface area contributed by atoms with Crippen molar-refractivity contribution in [3.05, 3.63) is 24.2 Å². The molecule has 1 atom stereocenters. The molecular weight excluding hydrogens is 210 g/mol. The molecule has 1 heterocycles. The number of carbonyl (C=O) groups excluding carboxylic acids is 1. The molecular formula is C11H15NO4. The van der Waals surface area contributed by atoms with Gasteiger partial charge in [0, 0.05) is 6.54 Å². The molecule has 2 N–H and O–H groups in total. The molecule has 0 bridgehead atoms. The van der Waals surface area contributed by atoms with E-state index in [1.807, 2.05) is 0 Å². The summed E-state index contributed by atoms with van der Waals surface area (Å²) in [4.78, 5) is 22.5. The third-order valence-electron chi connectivity index (χ3n) is 2.68. The summed E-state index contributed by atoms with van der Waals surface area (Å²) in [5, 5.41) is 11.5. The lowest BCUT2D eigenvalue weighted by molar-refractivity contribution is -0.147. The first-order valence-corrected chi connectivity index (χ1v) is 5.04. The third kappa shape index (κ3) is 2.62. The topological polar surface area (TPSA) is 79.5 Å². The Labute approximate surface area is 93.4 Å². The van der Waals surface area contributed by atoms with Crippen LogP contribution in [-0.2, 0) is 4.79 Å². The Balaban J connectivity index is 2.57. The fourth-order valence-corrected chi connectivity index (χ4v) is 1.12. The minimum absolute atomic E-state index is 0.0817. The van der Waals surface area contributed by atoms with Gasteiger partial charge in [0.05, 0.1) is 11.7 Å². The van der Waals surface area contributed by atoms with Crippen molar-refractivity contribution < 1.29 is 19.1 Å². The molecule has 0 radical (unpaired) electrons. The van der Waals surface area contributed by atoms with E-state index in [9.17, 15) is 9.59 Å². The van der Waals surface area contributed by atoms with Gasteiger partial charge in [0.2, 0.25) is 0 Å². The zero-order valence-corrected chi connectivity index (χ0v) is 9.32. The number of rotatable bonds is 5. The van der Waals surface area contributed by atoms with Gasteiger partial charge in [-0.25, -0.2) is 0 Å². The van der Waals surface area contributed by atoms with Gasteiger partial charge in [0.25, 0.3) is 5.91 Å². The van der Waals surface area contributed by atoms with Gasteiger partial charge < -0.3 is 14.8 Å². The van der Waals surface area contributed by atoms with Crippen LogP contribution in [0.3, 0.4) is 0 Å². The van der Waals surface area contributed by atoms with E-state index in [4.69, 9.17) is 9.52 Å². The van der Waals surface area contributed by atoms with Crippen LogP contribution in [0.15, 0.2) is 22.8 Å². The van der Waals surface area contributed by atoms with Gasteiger partial charge >= 0.3 is 5.97 Å². The van der Waals surface area contributed by atoms with Gasteiger partial charge in [0.1, 0.15) is 0 Å². The molecule has 0 saturated heterocycles. The molecule has 0 spiro atoms. The van der Waals surface area contributed by atoms with Crippen LogP contribution in [0.2, 0.25) is 0 Å². The van der Waals surface area contributed by atoms with E-state index < -0.39 is 17.3 Å². The normalized spacial score (nSPS) is 14.1. The molecule has 88 valence electrons. The zero-order valence-electron chi connectivity index (χ0n) is 9.32. The summed E-state index contributed by atoms with van der Waals surface area (Å²) in [6.07, 6.45) is 1.84. The predicted molar refractivity (Wildman–Crippen MR) is 57.1 cm³/mol. The van der Waals surface area contributed by atoms with Crippen molar-refractivity contribution in [1.82, 2.24) is 5.32 Å². The number of aliphatic carboxylic acids is 1. The molecule has 0 fully saturated rings. The first kappa shape index (κ1) is 12.3. The summed E-state index contributed by atoms with van der Waals surface area (Å²) in [7, 11) is 0. The van der Waals surface area contributed by atoms with E-state index in [0.717, 1.165) is 0 Å². The highest BCUT2D eigenvalue weighted by Gasteiger charge is 2.31. The lowest BCUT2D eigenvalue weighted by Gasteiger charge is -2.22. The Morgan fingerprint density at radius 3 is 2.69 bits per heavy atom. The second kappa shape index (κ2) is 4.83. The molecule has 0 aliphatic heterocycles. The Bertz CT molecular complexity index is 371. The molecule has 5 nitrogen and oxygen atoms in total. The molecule has 1 amide bonds. The monoisotopic (exact) mass is 225 g/mol. The predicted octanol–water partition coefficient (Wildman–Crippen LogP) is 1.51. The van der Waals surface area contributed by atoms with Crippen LogP contribution in [0, 0.1) is 5.41 Å². The third-order valence-corrected chi connectivity index (χ3v) is 2.68. The van der Waals surface area contributed by atoms with Gasteiger partial charge in [-0.15, -0.1) is 0 Å². The van der Waals surface area contributed by atoms with Crippen molar-refractivity contribution in [2.24, 2.45) is 5.41 Å². The van der Waals surface area contributed by atoms with Crippen molar-refractivity contribution in [2.75, 3.05) is 6.54 Å². The number of hydrogen-bond acceptors (Lipinski definition) is 3. The van der Waals surface area contributed by atoms with Crippen LogP contribution in [0.4, 0.5) is 0 Å². The molecule has 0 saturated carbocycles. The number of carboxylic acids is 1. The Morgan fingerprint density at radius 2 is 2.25 bits per heavy atom. The summed E-state index contributed by atoms with van der Waals surface area (Å²) in [5.41, 5.74) is -0.942. The lowest BCUT2D eigenvalue weighted by atomic mass is 9.88. The molecule has 1 unspecified atom stereocenters. The Morgan fingerprint density at radius 1 is 1.56 bits per heavy atom. The van der Waals surface area contributed by atoms with E-state index in [2.05, 4.69) is 5.32 Å². The Kier molecular flexibility index (Phi) is 3.71. The number of carboxylic acid groups (broad SMARTS) is 1. The van der Waals surface area contributed by atoms with Crippen LogP contribution in [-0.4, -0.2) is 23.5 Å². The molecule has 5 heteroatoms. The summed E-state index contributed by atoms with van der Waals surface area (Å²) in [6, 6.07) is 3.13. The van der Waals surface area contributed by atoms with Gasteiger partial charge in [0.15, 0.2) is 5.76 Å². The van der Waals surface area contributed by atoms with E-state index in [1.165, 1.54) is 12.3 Å². The average molecular weight is 225 g/mol. The fraction of sp³-hybridized carbons (Fsp3) is 0.455. The van der Waals surface area contributed by atoms with E-state index in [-0.39, 0.29) is 12.3 Å². The number of amides is 1. The standard InChI is InChI=1S/C11H15NO4/c1-3-11(2,10(14)15)7-12-9(13)8-5-4-6-16-8/h4-6H,3,7H2,1-2H3,(H,12,13)(H,14,15). The van der Waals surface area contributed by atoms with Crippen molar-refractivity contribution in [3.63, 3.8) is 0 Å². The number of hydrogen-bond donors (Lipinski definition) is 2. The minimum Gasteiger partial charge on any atom is -0.481 e. The van der Waals surface area contributed by atoms with Gasteiger partial charge in [-0.3, -0.25) is 9.59 Å². The SMILES string of the molecule is CCC(C)(CNC(=O)c1ccco1)C(=O)O. The highest BCUT2D eigenvalue weighted by Crippen LogP contribution is 2.20.